The molecule has 1 aliphatic heterocycles. The second kappa shape index (κ2) is 7.76. The van der Waals surface area contributed by atoms with Crippen molar-refractivity contribution in [3.63, 3.8) is 0 Å². The summed E-state index contributed by atoms with van der Waals surface area (Å²) in [7, 11) is 0. The van der Waals surface area contributed by atoms with E-state index in [0.717, 1.165) is 0 Å². The summed E-state index contributed by atoms with van der Waals surface area (Å²) < 4.78 is 47.5. The molecule has 0 fully saturated rings. The van der Waals surface area contributed by atoms with E-state index in [1.54, 1.807) is 36.7 Å². The number of benzene rings is 1. The van der Waals surface area contributed by atoms with Crippen molar-refractivity contribution in [1.82, 2.24) is 25.5 Å². The molecule has 2 N–H and O–H groups in total. The van der Waals surface area contributed by atoms with Crippen molar-refractivity contribution >= 4 is 16.9 Å². The van der Waals surface area contributed by atoms with Gasteiger partial charge in [0.25, 0.3) is 5.91 Å². The van der Waals surface area contributed by atoms with Crippen LogP contribution in [0.15, 0.2) is 60.9 Å². The maximum Gasteiger partial charge on any atom is 0.573 e. The minimum Gasteiger partial charge on any atom is -0.491 e. The van der Waals surface area contributed by atoms with E-state index in [9.17, 15) is 18.0 Å². The van der Waals surface area contributed by atoms with Gasteiger partial charge in [0.15, 0.2) is 11.3 Å². The molecule has 11 heteroatoms. The van der Waals surface area contributed by atoms with Crippen molar-refractivity contribution in [1.29, 1.82) is 0 Å². The highest BCUT2D eigenvalue weighted by Crippen LogP contribution is 2.41. The average molecular weight is 455 g/mol. The lowest BCUT2D eigenvalue weighted by atomic mass is 9.81. The molecule has 4 heterocycles. The smallest absolute Gasteiger partial charge is 0.491 e. The number of alkyl halides is 3. The Morgan fingerprint density at radius 1 is 1.09 bits per heavy atom. The van der Waals surface area contributed by atoms with E-state index in [1.807, 2.05) is 0 Å². The Hall–Kier alpha value is -4.15. The quantitative estimate of drug-likeness (QED) is 0.487. The number of H-pyrrole nitrogens is 1. The summed E-state index contributed by atoms with van der Waals surface area (Å²) in [5.74, 6) is -0.401. The second-order valence-corrected chi connectivity index (χ2v) is 7.35. The molecule has 0 saturated heterocycles. The molecule has 0 radical (unpaired) electrons. The molecule has 8 nitrogen and oxygen atoms in total. The number of rotatable bonds is 4. The van der Waals surface area contributed by atoms with Crippen LogP contribution in [0.5, 0.6) is 11.5 Å². The third kappa shape index (κ3) is 3.81. The Kier molecular flexibility index (Phi) is 4.88. The van der Waals surface area contributed by atoms with E-state index in [4.69, 9.17) is 4.74 Å². The summed E-state index contributed by atoms with van der Waals surface area (Å²) in [6, 6.07) is 12.2. The second-order valence-electron chi connectivity index (χ2n) is 7.35. The fraction of sp³-hybridized carbons (Fsp3) is 0.182. The lowest BCUT2D eigenvalue weighted by Gasteiger charge is -2.38. The first kappa shape index (κ1) is 20.7. The first-order valence-electron chi connectivity index (χ1n) is 9.92. The van der Waals surface area contributed by atoms with Crippen LogP contribution < -0.4 is 14.8 Å². The van der Waals surface area contributed by atoms with Crippen LogP contribution in [0.3, 0.4) is 0 Å². The SMILES string of the molecule is O=C(NC1(c2ccc(OC(F)(F)F)cc2)CCOc2cccnc21)c1n[nH]c2ncccc12. The van der Waals surface area contributed by atoms with E-state index in [2.05, 4.69) is 30.2 Å². The molecule has 0 bridgehead atoms. The van der Waals surface area contributed by atoms with Gasteiger partial charge in [-0.1, -0.05) is 12.1 Å². The molecular formula is C22H16F3N5O3. The van der Waals surface area contributed by atoms with Gasteiger partial charge in [-0.05, 0) is 42.0 Å². The van der Waals surface area contributed by atoms with Gasteiger partial charge in [-0.25, -0.2) is 4.98 Å². The molecule has 1 aromatic carbocycles. The van der Waals surface area contributed by atoms with Gasteiger partial charge in [0.2, 0.25) is 0 Å². The molecule has 1 amide bonds. The van der Waals surface area contributed by atoms with Crippen molar-refractivity contribution in [2.45, 2.75) is 18.3 Å². The maximum absolute atomic E-state index is 13.4. The van der Waals surface area contributed by atoms with Crippen molar-refractivity contribution in [3.05, 3.63) is 77.9 Å². The molecule has 0 saturated carbocycles. The van der Waals surface area contributed by atoms with E-state index < -0.39 is 17.8 Å². The van der Waals surface area contributed by atoms with Crippen LogP contribution >= 0.6 is 0 Å². The molecule has 33 heavy (non-hydrogen) atoms. The molecule has 168 valence electrons. The van der Waals surface area contributed by atoms with E-state index in [-0.39, 0.29) is 18.1 Å². The number of nitrogens with zero attached hydrogens (tertiary/aromatic N) is 3. The summed E-state index contributed by atoms with van der Waals surface area (Å²) in [4.78, 5) is 21.9. The zero-order valence-corrected chi connectivity index (χ0v) is 16.9. The first-order chi connectivity index (χ1) is 15.9. The van der Waals surface area contributed by atoms with Crippen LogP contribution in [0.4, 0.5) is 13.2 Å². The number of nitrogens with one attached hydrogen (secondary N) is 2. The predicted molar refractivity (Wildman–Crippen MR) is 110 cm³/mol. The van der Waals surface area contributed by atoms with Gasteiger partial charge in [0, 0.05) is 18.8 Å². The Morgan fingerprint density at radius 3 is 2.64 bits per heavy atom. The Bertz CT molecular complexity index is 1320. The van der Waals surface area contributed by atoms with Gasteiger partial charge in [-0.3, -0.25) is 14.9 Å². The third-order valence-corrected chi connectivity index (χ3v) is 5.37. The van der Waals surface area contributed by atoms with Gasteiger partial charge in [-0.2, -0.15) is 5.10 Å². The van der Waals surface area contributed by atoms with Gasteiger partial charge in [-0.15, -0.1) is 13.2 Å². The number of ether oxygens (including phenoxy) is 2. The summed E-state index contributed by atoms with van der Waals surface area (Å²) >= 11 is 0. The topological polar surface area (TPSA) is 102 Å². The molecule has 1 atom stereocenters. The Labute approximate surface area is 184 Å². The molecule has 0 spiro atoms. The van der Waals surface area contributed by atoms with Crippen molar-refractivity contribution in [3.8, 4) is 11.5 Å². The fourth-order valence-corrected chi connectivity index (χ4v) is 3.96. The van der Waals surface area contributed by atoms with Crippen LogP contribution in [0.25, 0.3) is 11.0 Å². The number of carbonyl (C=O) groups excluding carboxylic acids is 1. The fourth-order valence-electron chi connectivity index (χ4n) is 3.96. The lowest BCUT2D eigenvalue weighted by molar-refractivity contribution is -0.274. The van der Waals surface area contributed by atoms with Gasteiger partial charge in [0.05, 0.1) is 12.0 Å². The van der Waals surface area contributed by atoms with Crippen LogP contribution in [0, 0.1) is 0 Å². The Balaban J connectivity index is 1.58. The van der Waals surface area contributed by atoms with Crippen molar-refractivity contribution in [2.24, 2.45) is 0 Å². The van der Waals surface area contributed by atoms with E-state index in [1.165, 1.54) is 24.3 Å². The van der Waals surface area contributed by atoms with Crippen LogP contribution in [-0.2, 0) is 5.54 Å². The molecule has 1 aliphatic rings. The number of halogens is 3. The zero-order valence-electron chi connectivity index (χ0n) is 16.9. The highest BCUT2D eigenvalue weighted by molar-refractivity contribution is 6.04. The van der Waals surface area contributed by atoms with Crippen molar-refractivity contribution < 1.29 is 27.4 Å². The largest absolute Gasteiger partial charge is 0.573 e. The number of hydrogen-bond donors (Lipinski definition) is 2. The summed E-state index contributed by atoms with van der Waals surface area (Å²) in [5.41, 5.74) is 0.379. The lowest BCUT2D eigenvalue weighted by Crippen LogP contribution is -2.50. The Morgan fingerprint density at radius 2 is 1.85 bits per heavy atom. The molecule has 3 aromatic heterocycles. The minimum atomic E-state index is -4.81. The van der Waals surface area contributed by atoms with Crippen LogP contribution in [0.2, 0.25) is 0 Å². The molecule has 1 unspecified atom stereocenters. The number of fused-ring (bicyclic) bond motifs is 2. The molecule has 4 aromatic rings. The van der Waals surface area contributed by atoms with Gasteiger partial charge < -0.3 is 14.8 Å². The highest BCUT2D eigenvalue weighted by atomic mass is 19.4. The number of hydrogen-bond acceptors (Lipinski definition) is 6. The summed E-state index contributed by atoms with van der Waals surface area (Å²) in [6.45, 7) is 0.253. The van der Waals surface area contributed by atoms with Crippen molar-refractivity contribution in [2.75, 3.05) is 6.61 Å². The minimum absolute atomic E-state index is 0.137. The maximum atomic E-state index is 13.4. The number of carbonyl (C=O) groups is 1. The van der Waals surface area contributed by atoms with E-state index in [0.29, 0.717) is 34.5 Å². The number of amides is 1. The average Bonchev–Trinajstić information content (AvgIpc) is 3.23. The van der Waals surface area contributed by atoms with Gasteiger partial charge >= 0.3 is 6.36 Å². The number of pyridine rings is 2. The van der Waals surface area contributed by atoms with E-state index >= 15 is 0 Å². The standard InChI is InChI=1S/C22H16F3N5O3/c23-22(24,25)33-14-7-5-13(6-8-14)21(9-12-32-16-4-2-10-26-18(16)21)28-20(31)17-15-3-1-11-27-19(15)30-29-17/h1-8,10-11H,9,12H2,(H,28,31)(H,27,29,30). The molecule has 0 aliphatic carbocycles. The first-order valence-corrected chi connectivity index (χ1v) is 9.92. The predicted octanol–water partition coefficient (Wildman–Crippen LogP) is 3.71. The summed E-state index contributed by atoms with van der Waals surface area (Å²) in [6.07, 6.45) is -1.38. The van der Waals surface area contributed by atoms with Gasteiger partial charge in [0.1, 0.15) is 22.7 Å². The zero-order chi connectivity index (χ0) is 23.1. The number of aromatic nitrogens is 4. The van der Waals surface area contributed by atoms with Crippen LogP contribution in [-0.4, -0.2) is 39.0 Å². The monoisotopic (exact) mass is 455 g/mol. The molecular weight excluding hydrogens is 439 g/mol. The number of aromatic amines is 1. The third-order valence-electron chi connectivity index (χ3n) is 5.37. The molecule has 5 rings (SSSR count). The van der Waals surface area contributed by atoms with Crippen LogP contribution in [0.1, 0.15) is 28.2 Å². The normalized spacial score (nSPS) is 17.8. The summed E-state index contributed by atoms with van der Waals surface area (Å²) in [5, 5.41) is 10.4. The highest BCUT2D eigenvalue weighted by Gasteiger charge is 2.43.